The first kappa shape index (κ1) is 13.8. The van der Waals surface area contributed by atoms with Crippen LogP contribution in [0.25, 0.3) is 5.57 Å². The standard InChI is InChI=1S/C18H26N2/c1-20(2)11-10-19-18-16-9-8-14(12-16)13-17(18)15-6-4-3-5-7-15/h3-7,13-14,16,18-19H,8-12H2,1-2H3/t14?,16?,18-/m0/s1. The molecule has 108 valence electrons. The molecular weight excluding hydrogens is 244 g/mol. The van der Waals surface area contributed by atoms with E-state index in [1.54, 1.807) is 5.57 Å². The van der Waals surface area contributed by atoms with Gasteiger partial charge in [0, 0.05) is 19.1 Å². The summed E-state index contributed by atoms with van der Waals surface area (Å²) < 4.78 is 0. The van der Waals surface area contributed by atoms with Gasteiger partial charge in [-0.2, -0.15) is 0 Å². The van der Waals surface area contributed by atoms with Crippen molar-refractivity contribution in [1.29, 1.82) is 0 Å². The first-order chi connectivity index (χ1) is 9.74. The number of nitrogens with zero attached hydrogens (tertiary/aromatic N) is 1. The van der Waals surface area contributed by atoms with Gasteiger partial charge in [0.05, 0.1) is 0 Å². The highest BCUT2D eigenvalue weighted by Crippen LogP contribution is 2.44. The van der Waals surface area contributed by atoms with Crippen LogP contribution < -0.4 is 5.32 Å². The molecule has 0 saturated heterocycles. The Balaban J connectivity index is 1.78. The Labute approximate surface area is 122 Å². The van der Waals surface area contributed by atoms with Crippen LogP contribution in [0.3, 0.4) is 0 Å². The van der Waals surface area contributed by atoms with E-state index < -0.39 is 0 Å². The minimum atomic E-state index is 0.552. The lowest BCUT2D eigenvalue weighted by atomic mass is 9.81. The molecule has 2 bridgehead atoms. The molecule has 1 aromatic rings. The Kier molecular flexibility index (Phi) is 4.23. The van der Waals surface area contributed by atoms with E-state index in [1.807, 2.05) is 0 Å². The zero-order valence-corrected chi connectivity index (χ0v) is 12.7. The number of hydrogen-bond acceptors (Lipinski definition) is 2. The maximum Gasteiger partial charge on any atom is 0.0352 e. The van der Waals surface area contributed by atoms with Gasteiger partial charge >= 0.3 is 0 Å². The van der Waals surface area contributed by atoms with E-state index in [9.17, 15) is 0 Å². The number of benzene rings is 1. The second-order valence-corrected chi connectivity index (χ2v) is 6.56. The van der Waals surface area contributed by atoms with Crippen LogP contribution in [0.15, 0.2) is 36.4 Å². The number of nitrogens with one attached hydrogen (secondary N) is 1. The first-order valence-corrected chi connectivity index (χ1v) is 7.89. The van der Waals surface area contributed by atoms with Crippen LogP contribution in [0.1, 0.15) is 24.8 Å². The molecular formula is C18H26N2. The van der Waals surface area contributed by atoms with Gasteiger partial charge in [-0.1, -0.05) is 36.4 Å². The van der Waals surface area contributed by atoms with Crippen molar-refractivity contribution in [3.63, 3.8) is 0 Å². The summed E-state index contributed by atoms with van der Waals surface area (Å²) in [5.41, 5.74) is 2.95. The van der Waals surface area contributed by atoms with E-state index in [0.29, 0.717) is 6.04 Å². The Morgan fingerprint density at radius 1 is 1.15 bits per heavy atom. The second kappa shape index (κ2) is 6.11. The van der Waals surface area contributed by atoms with Crippen LogP contribution in [0.2, 0.25) is 0 Å². The first-order valence-electron chi connectivity index (χ1n) is 7.89. The van der Waals surface area contributed by atoms with Gasteiger partial charge in [-0.05, 0) is 56.3 Å². The van der Waals surface area contributed by atoms with Crippen LogP contribution in [0.4, 0.5) is 0 Å². The van der Waals surface area contributed by atoms with E-state index in [2.05, 4.69) is 60.7 Å². The summed E-state index contributed by atoms with van der Waals surface area (Å²) in [5.74, 6) is 1.66. The van der Waals surface area contributed by atoms with E-state index >= 15 is 0 Å². The van der Waals surface area contributed by atoms with Gasteiger partial charge in [-0.15, -0.1) is 0 Å². The van der Waals surface area contributed by atoms with Crippen molar-refractivity contribution in [2.24, 2.45) is 11.8 Å². The van der Waals surface area contributed by atoms with E-state index in [1.165, 1.54) is 24.8 Å². The number of fused-ring (bicyclic) bond motifs is 2. The topological polar surface area (TPSA) is 15.3 Å². The lowest BCUT2D eigenvalue weighted by molar-refractivity contribution is 0.358. The molecule has 0 radical (unpaired) electrons. The predicted molar refractivity (Wildman–Crippen MR) is 85.6 cm³/mol. The molecule has 2 aliphatic carbocycles. The third-order valence-corrected chi connectivity index (χ3v) is 4.77. The van der Waals surface area contributed by atoms with Crippen LogP contribution in [-0.2, 0) is 0 Å². The lowest BCUT2D eigenvalue weighted by Crippen LogP contribution is -2.41. The number of likely N-dealkylation sites (N-methyl/N-ethyl adjacent to an activating group) is 1. The molecule has 3 atom stereocenters. The van der Waals surface area contributed by atoms with Gasteiger partial charge in [0.15, 0.2) is 0 Å². The van der Waals surface area contributed by atoms with Crippen molar-refractivity contribution in [2.75, 3.05) is 27.2 Å². The molecule has 2 aliphatic rings. The molecule has 0 amide bonds. The molecule has 3 rings (SSSR count). The maximum absolute atomic E-state index is 3.82. The minimum absolute atomic E-state index is 0.552. The molecule has 0 aromatic heterocycles. The molecule has 2 unspecified atom stereocenters. The summed E-state index contributed by atoms with van der Waals surface area (Å²) in [7, 11) is 4.28. The SMILES string of the molecule is CN(C)CCN[C@@H]1C(c2ccccc2)=CC2CCC1C2. The molecule has 2 heteroatoms. The lowest BCUT2D eigenvalue weighted by Gasteiger charge is -2.32. The van der Waals surface area contributed by atoms with Gasteiger partial charge in [0.1, 0.15) is 0 Å². The van der Waals surface area contributed by atoms with Crippen molar-refractivity contribution in [2.45, 2.75) is 25.3 Å². The van der Waals surface area contributed by atoms with Crippen molar-refractivity contribution < 1.29 is 0 Å². The highest BCUT2D eigenvalue weighted by molar-refractivity contribution is 5.71. The third kappa shape index (κ3) is 2.97. The monoisotopic (exact) mass is 270 g/mol. The Hall–Kier alpha value is -1.12. The summed E-state index contributed by atoms with van der Waals surface area (Å²) in [4.78, 5) is 2.25. The van der Waals surface area contributed by atoms with Crippen LogP contribution in [0, 0.1) is 11.8 Å². The number of rotatable bonds is 5. The fourth-order valence-electron chi connectivity index (χ4n) is 3.75. The molecule has 0 spiro atoms. The molecule has 0 heterocycles. The molecule has 1 saturated carbocycles. The summed E-state index contributed by atoms with van der Waals surface area (Å²) >= 11 is 0. The third-order valence-electron chi connectivity index (χ3n) is 4.77. The van der Waals surface area contributed by atoms with E-state index in [0.717, 1.165) is 24.9 Å². The van der Waals surface area contributed by atoms with E-state index in [4.69, 9.17) is 0 Å². The fourth-order valence-corrected chi connectivity index (χ4v) is 3.75. The van der Waals surface area contributed by atoms with Gasteiger partial charge in [-0.25, -0.2) is 0 Å². The van der Waals surface area contributed by atoms with Gasteiger partial charge < -0.3 is 10.2 Å². The Morgan fingerprint density at radius 2 is 1.95 bits per heavy atom. The highest BCUT2D eigenvalue weighted by atomic mass is 15.1. The predicted octanol–water partition coefficient (Wildman–Crippen LogP) is 3.02. The van der Waals surface area contributed by atoms with Gasteiger partial charge in [-0.3, -0.25) is 0 Å². The second-order valence-electron chi connectivity index (χ2n) is 6.56. The van der Waals surface area contributed by atoms with Crippen LogP contribution in [-0.4, -0.2) is 38.1 Å². The number of hydrogen-bond donors (Lipinski definition) is 1. The normalized spacial score (nSPS) is 28.8. The zero-order chi connectivity index (χ0) is 13.9. The Morgan fingerprint density at radius 3 is 2.70 bits per heavy atom. The zero-order valence-electron chi connectivity index (χ0n) is 12.7. The molecule has 1 aromatic carbocycles. The summed E-state index contributed by atoms with van der Waals surface area (Å²) in [5, 5.41) is 3.82. The van der Waals surface area contributed by atoms with Crippen molar-refractivity contribution in [1.82, 2.24) is 10.2 Å². The van der Waals surface area contributed by atoms with Crippen LogP contribution >= 0.6 is 0 Å². The van der Waals surface area contributed by atoms with Crippen molar-refractivity contribution >= 4 is 5.57 Å². The summed E-state index contributed by atoms with van der Waals surface area (Å²) in [6, 6.07) is 11.5. The quantitative estimate of drug-likeness (QED) is 0.885. The average Bonchev–Trinajstić information content (AvgIpc) is 2.84. The molecule has 2 nitrogen and oxygen atoms in total. The van der Waals surface area contributed by atoms with Gasteiger partial charge in [0.25, 0.3) is 0 Å². The Bertz CT molecular complexity index is 464. The molecule has 20 heavy (non-hydrogen) atoms. The van der Waals surface area contributed by atoms with Gasteiger partial charge in [0.2, 0.25) is 0 Å². The summed E-state index contributed by atoms with van der Waals surface area (Å²) in [6.45, 7) is 2.18. The van der Waals surface area contributed by atoms with Crippen molar-refractivity contribution in [3.05, 3.63) is 42.0 Å². The molecule has 1 N–H and O–H groups in total. The van der Waals surface area contributed by atoms with Crippen LogP contribution in [0.5, 0.6) is 0 Å². The maximum atomic E-state index is 3.82. The minimum Gasteiger partial charge on any atom is -0.308 e. The largest absolute Gasteiger partial charge is 0.308 e. The van der Waals surface area contributed by atoms with Crippen molar-refractivity contribution in [3.8, 4) is 0 Å². The highest BCUT2D eigenvalue weighted by Gasteiger charge is 2.36. The molecule has 1 fully saturated rings. The van der Waals surface area contributed by atoms with E-state index in [-0.39, 0.29) is 0 Å². The number of allylic oxidation sites excluding steroid dienone is 1. The fraction of sp³-hybridized carbons (Fsp3) is 0.556. The average molecular weight is 270 g/mol. The molecule has 0 aliphatic heterocycles. The smallest absolute Gasteiger partial charge is 0.0352 e. The summed E-state index contributed by atoms with van der Waals surface area (Å²) in [6.07, 6.45) is 6.70.